The highest BCUT2D eigenvalue weighted by Gasteiger charge is 2.21. The van der Waals surface area contributed by atoms with Gasteiger partial charge < -0.3 is 9.64 Å². The molecule has 0 N–H and O–H groups in total. The third kappa shape index (κ3) is 6.20. The normalized spacial score (nSPS) is 11.8. The zero-order valence-electron chi connectivity index (χ0n) is 16.2. The summed E-state index contributed by atoms with van der Waals surface area (Å²) in [6.45, 7) is 3.28. The van der Waals surface area contributed by atoms with Crippen molar-refractivity contribution < 1.29 is 9.53 Å². The average molecular weight is 432 g/mol. The van der Waals surface area contributed by atoms with E-state index in [0.29, 0.717) is 29.9 Å². The molecule has 1 atom stereocenters. The maximum atomic E-state index is 12.7. The summed E-state index contributed by atoms with van der Waals surface area (Å²) in [5, 5.41) is 12.8. The molecule has 1 aromatic heterocycles. The molecule has 1 heterocycles. The van der Waals surface area contributed by atoms with E-state index in [9.17, 15) is 4.79 Å². The van der Waals surface area contributed by atoms with Crippen LogP contribution < -0.4 is 4.74 Å². The predicted molar refractivity (Wildman–Crippen MR) is 113 cm³/mol. The van der Waals surface area contributed by atoms with Crippen LogP contribution in [0, 0.1) is 0 Å². The molecule has 152 valence electrons. The quantitative estimate of drug-likeness (QED) is 0.483. The number of ether oxygens (including phenoxy) is 1. The second kappa shape index (κ2) is 10.3. The Labute approximate surface area is 179 Å². The molecule has 2 aromatic carbocycles. The molecule has 0 saturated heterocycles. The highest BCUT2D eigenvalue weighted by molar-refractivity contribution is 8.00. The number of amides is 1. The van der Waals surface area contributed by atoms with Gasteiger partial charge in [-0.1, -0.05) is 53.7 Å². The third-order valence-corrected chi connectivity index (χ3v) is 5.50. The molecule has 0 aliphatic rings. The molecule has 3 rings (SSSR count). The summed E-state index contributed by atoms with van der Waals surface area (Å²) in [6, 6.07) is 17.1. The number of thioether (sulfide) groups is 1. The number of nitrogens with zero attached hydrogens (tertiary/aromatic N) is 5. The maximum absolute atomic E-state index is 12.7. The van der Waals surface area contributed by atoms with Crippen molar-refractivity contribution >= 4 is 29.3 Å². The largest absolute Gasteiger partial charge is 0.492 e. The van der Waals surface area contributed by atoms with Crippen molar-refractivity contribution in [2.24, 2.45) is 0 Å². The van der Waals surface area contributed by atoms with E-state index in [1.54, 1.807) is 40.9 Å². The first-order valence-electron chi connectivity index (χ1n) is 9.13. The summed E-state index contributed by atoms with van der Waals surface area (Å²) in [7, 11) is 1.76. The van der Waals surface area contributed by atoms with Gasteiger partial charge in [0.05, 0.1) is 18.3 Å². The number of halogens is 1. The van der Waals surface area contributed by atoms with Crippen LogP contribution in [0.25, 0.3) is 0 Å². The summed E-state index contributed by atoms with van der Waals surface area (Å²) in [4.78, 5) is 14.3. The van der Waals surface area contributed by atoms with Crippen LogP contribution in [0.2, 0.25) is 5.02 Å². The molecule has 0 spiro atoms. The van der Waals surface area contributed by atoms with Crippen molar-refractivity contribution in [2.75, 3.05) is 20.2 Å². The molecule has 0 radical (unpaired) electrons. The lowest BCUT2D eigenvalue weighted by Crippen LogP contribution is -2.36. The molecule has 1 unspecified atom stereocenters. The number of rotatable bonds is 9. The number of likely N-dealkylation sites (N-methyl/N-ethyl adjacent to an activating group) is 1. The van der Waals surface area contributed by atoms with Gasteiger partial charge in [0.25, 0.3) is 0 Å². The number of carbonyl (C=O) groups excluding carboxylic acids is 1. The monoisotopic (exact) mass is 431 g/mol. The van der Waals surface area contributed by atoms with Crippen molar-refractivity contribution in [1.29, 1.82) is 0 Å². The number of benzene rings is 2. The van der Waals surface area contributed by atoms with Crippen LogP contribution in [-0.2, 0) is 11.3 Å². The number of hydrogen-bond acceptors (Lipinski definition) is 6. The first-order chi connectivity index (χ1) is 14.0. The lowest BCUT2D eigenvalue weighted by atomic mass is 10.2. The second-order valence-corrected chi connectivity index (χ2v) is 8.17. The van der Waals surface area contributed by atoms with Crippen molar-refractivity contribution in [2.45, 2.75) is 23.9 Å². The zero-order chi connectivity index (χ0) is 20.6. The number of hydrogen-bond donors (Lipinski definition) is 0. The van der Waals surface area contributed by atoms with Gasteiger partial charge >= 0.3 is 0 Å². The molecule has 0 saturated carbocycles. The van der Waals surface area contributed by atoms with Crippen molar-refractivity contribution in [3.8, 4) is 5.75 Å². The standard InChI is InChI=1S/C20H22ClN5O2S/c1-15(19(27)25(2)12-13-28-18-10-8-17(21)9-11-18)29-20-22-23-24-26(20)14-16-6-4-3-5-7-16/h3-11,15H,12-14H2,1-2H3. The van der Waals surface area contributed by atoms with Crippen molar-refractivity contribution in [3.63, 3.8) is 0 Å². The maximum Gasteiger partial charge on any atom is 0.235 e. The van der Waals surface area contributed by atoms with Gasteiger partial charge in [-0.05, 0) is 47.2 Å². The fraction of sp³-hybridized carbons (Fsp3) is 0.300. The Morgan fingerprint density at radius 3 is 2.66 bits per heavy atom. The van der Waals surface area contributed by atoms with Crippen molar-refractivity contribution in [1.82, 2.24) is 25.1 Å². The van der Waals surface area contributed by atoms with Crippen LogP contribution in [-0.4, -0.2) is 56.5 Å². The molecular formula is C20H22ClN5O2S. The Morgan fingerprint density at radius 1 is 1.21 bits per heavy atom. The Morgan fingerprint density at radius 2 is 1.93 bits per heavy atom. The van der Waals surface area contributed by atoms with Crippen LogP contribution in [0.5, 0.6) is 5.75 Å². The molecular weight excluding hydrogens is 410 g/mol. The molecule has 0 fully saturated rings. The number of tetrazole rings is 1. The summed E-state index contributed by atoms with van der Waals surface area (Å²) in [5.74, 6) is 0.710. The third-order valence-electron chi connectivity index (χ3n) is 4.19. The van der Waals surface area contributed by atoms with E-state index in [1.165, 1.54) is 11.8 Å². The Balaban J connectivity index is 1.49. The summed E-state index contributed by atoms with van der Waals surface area (Å²) in [6.07, 6.45) is 0. The Kier molecular flexibility index (Phi) is 7.48. The second-order valence-electron chi connectivity index (χ2n) is 6.43. The molecule has 0 bridgehead atoms. The van der Waals surface area contributed by atoms with Crippen LogP contribution in [0.15, 0.2) is 59.8 Å². The van der Waals surface area contributed by atoms with Gasteiger partial charge in [0.15, 0.2) is 0 Å². The first-order valence-corrected chi connectivity index (χ1v) is 10.4. The fourth-order valence-electron chi connectivity index (χ4n) is 2.60. The van der Waals surface area contributed by atoms with Crippen LogP contribution in [0.1, 0.15) is 12.5 Å². The van der Waals surface area contributed by atoms with E-state index in [-0.39, 0.29) is 11.2 Å². The highest BCUT2D eigenvalue weighted by Crippen LogP contribution is 2.22. The number of aromatic nitrogens is 4. The predicted octanol–water partition coefficient (Wildman–Crippen LogP) is 3.39. The van der Waals surface area contributed by atoms with Gasteiger partial charge in [0.1, 0.15) is 12.4 Å². The molecule has 29 heavy (non-hydrogen) atoms. The average Bonchev–Trinajstić information content (AvgIpc) is 3.16. The summed E-state index contributed by atoms with van der Waals surface area (Å²) < 4.78 is 7.36. The van der Waals surface area contributed by atoms with Gasteiger partial charge in [-0.15, -0.1) is 5.10 Å². The molecule has 9 heteroatoms. The first kappa shape index (κ1) is 21.1. The summed E-state index contributed by atoms with van der Waals surface area (Å²) in [5.41, 5.74) is 1.09. The van der Waals surface area contributed by atoms with Gasteiger partial charge in [-0.25, -0.2) is 4.68 Å². The molecule has 3 aromatic rings. The lowest BCUT2D eigenvalue weighted by Gasteiger charge is -2.21. The Bertz CT molecular complexity index is 920. The minimum Gasteiger partial charge on any atom is -0.492 e. The van der Waals surface area contributed by atoms with Gasteiger partial charge in [-0.3, -0.25) is 4.79 Å². The van der Waals surface area contributed by atoms with E-state index in [0.717, 1.165) is 11.3 Å². The molecule has 7 nitrogen and oxygen atoms in total. The minimum atomic E-state index is -0.323. The van der Waals surface area contributed by atoms with Crippen LogP contribution in [0.4, 0.5) is 0 Å². The van der Waals surface area contributed by atoms with E-state index in [4.69, 9.17) is 16.3 Å². The van der Waals surface area contributed by atoms with E-state index < -0.39 is 0 Å². The van der Waals surface area contributed by atoms with E-state index in [1.807, 2.05) is 37.3 Å². The minimum absolute atomic E-state index is 0.0102. The fourth-order valence-corrected chi connectivity index (χ4v) is 3.63. The van der Waals surface area contributed by atoms with E-state index >= 15 is 0 Å². The molecule has 1 amide bonds. The van der Waals surface area contributed by atoms with Gasteiger partial charge in [0.2, 0.25) is 11.1 Å². The van der Waals surface area contributed by atoms with Crippen LogP contribution >= 0.6 is 23.4 Å². The lowest BCUT2D eigenvalue weighted by molar-refractivity contribution is -0.129. The number of carbonyl (C=O) groups is 1. The van der Waals surface area contributed by atoms with Crippen molar-refractivity contribution in [3.05, 3.63) is 65.2 Å². The van der Waals surface area contributed by atoms with Gasteiger partial charge in [0, 0.05) is 12.1 Å². The smallest absolute Gasteiger partial charge is 0.235 e. The van der Waals surface area contributed by atoms with E-state index in [2.05, 4.69) is 15.5 Å². The topological polar surface area (TPSA) is 73.1 Å². The SMILES string of the molecule is CC(Sc1nnnn1Cc1ccccc1)C(=O)N(C)CCOc1ccc(Cl)cc1. The molecule has 0 aliphatic carbocycles. The zero-order valence-corrected chi connectivity index (χ0v) is 17.8. The van der Waals surface area contributed by atoms with Crippen LogP contribution in [0.3, 0.4) is 0 Å². The Hall–Kier alpha value is -2.58. The summed E-state index contributed by atoms with van der Waals surface area (Å²) >= 11 is 7.20. The van der Waals surface area contributed by atoms with Gasteiger partial charge in [-0.2, -0.15) is 0 Å². The molecule has 0 aliphatic heterocycles. The highest BCUT2D eigenvalue weighted by atomic mass is 35.5.